The molecule has 0 amide bonds. The lowest BCUT2D eigenvalue weighted by molar-refractivity contribution is -0.117. The number of pyridine rings is 1. The maximum Gasteiger partial charge on any atom is 0.141 e. The number of benzene rings is 2. The quantitative estimate of drug-likeness (QED) is 0.325. The molecule has 0 unspecified atom stereocenters. The zero-order valence-corrected chi connectivity index (χ0v) is 19.4. The number of aryl methyl sites for hydroxylation is 2. The Hall–Kier alpha value is -3.05. The van der Waals surface area contributed by atoms with Gasteiger partial charge in [-0.25, -0.2) is 9.67 Å². The molecule has 0 atom stereocenters. The summed E-state index contributed by atoms with van der Waals surface area (Å²) in [6, 6.07) is 15.8. The van der Waals surface area contributed by atoms with Gasteiger partial charge < -0.3 is 0 Å². The van der Waals surface area contributed by atoms with E-state index >= 15 is 0 Å². The molecular weight excluding hydrogens is 420 g/mol. The van der Waals surface area contributed by atoms with Crippen LogP contribution in [0.2, 0.25) is 5.15 Å². The van der Waals surface area contributed by atoms with Gasteiger partial charge in [-0.05, 0) is 54.3 Å². The average Bonchev–Trinajstić information content (AvgIpc) is 3.25. The van der Waals surface area contributed by atoms with E-state index in [4.69, 9.17) is 11.6 Å². The Morgan fingerprint density at radius 1 is 1.03 bits per heavy atom. The number of Topliss-reactive ketones (excluding diaryl/α,β-unsaturated/α-hetero) is 1. The number of carbonyl (C=O) groups is 1. The van der Waals surface area contributed by atoms with Crippen molar-refractivity contribution in [3.8, 4) is 5.69 Å². The summed E-state index contributed by atoms with van der Waals surface area (Å²) in [4.78, 5) is 17.3. The summed E-state index contributed by atoms with van der Waals surface area (Å²) in [6.07, 6.45) is 4.70. The van der Waals surface area contributed by atoms with Crippen LogP contribution in [0.15, 0.2) is 54.7 Å². The summed E-state index contributed by atoms with van der Waals surface area (Å²) in [5, 5.41) is 10.9. The molecule has 2 aromatic carbocycles. The third-order valence-corrected chi connectivity index (χ3v) is 5.96. The highest BCUT2D eigenvalue weighted by Crippen LogP contribution is 2.27. The molecule has 0 N–H and O–H groups in total. The number of aromatic nitrogens is 4. The Morgan fingerprint density at radius 3 is 2.47 bits per heavy atom. The number of carbonyl (C=O) groups excluding carboxylic acids is 1. The first-order valence-electron chi connectivity index (χ1n) is 11.0. The van der Waals surface area contributed by atoms with Crippen molar-refractivity contribution < 1.29 is 4.79 Å². The summed E-state index contributed by atoms with van der Waals surface area (Å²) in [5.74, 6) is 0.786. The van der Waals surface area contributed by atoms with Crippen molar-refractivity contribution in [2.24, 2.45) is 5.92 Å². The van der Waals surface area contributed by atoms with Gasteiger partial charge in [-0.3, -0.25) is 4.79 Å². The van der Waals surface area contributed by atoms with Gasteiger partial charge in [0.05, 0.1) is 17.6 Å². The number of halogens is 1. The van der Waals surface area contributed by atoms with Crippen LogP contribution in [-0.4, -0.2) is 25.8 Å². The number of hydrogen-bond donors (Lipinski definition) is 0. The van der Waals surface area contributed by atoms with E-state index in [0.717, 1.165) is 51.8 Å². The smallest absolute Gasteiger partial charge is 0.141 e. The number of fused-ring (bicyclic) bond motifs is 1. The highest BCUT2D eigenvalue weighted by Gasteiger charge is 2.14. The topological polar surface area (TPSA) is 60.7 Å². The molecule has 0 aliphatic rings. The molecule has 4 rings (SSSR count). The SMILES string of the molecule is Cc1nc(Cl)c2ccccc2c1CC(=O)Cc1ccc(-n2cc(CCC(C)C)nn2)cc1. The first kappa shape index (κ1) is 22.2. The van der Waals surface area contributed by atoms with E-state index in [1.807, 2.05) is 61.7 Å². The normalized spacial score (nSPS) is 11.4. The minimum atomic E-state index is 0.145. The van der Waals surface area contributed by atoms with Crippen LogP contribution in [0.3, 0.4) is 0 Å². The number of nitrogens with zero attached hydrogens (tertiary/aromatic N) is 4. The second kappa shape index (κ2) is 9.61. The van der Waals surface area contributed by atoms with E-state index in [1.54, 1.807) is 4.68 Å². The second-order valence-corrected chi connectivity index (χ2v) is 9.02. The van der Waals surface area contributed by atoms with Crippen LogP contribution in [0.1, 0.15) is 42.8 Å². The molecule has 2 heterocycles. The summed E-state index contributed by atoms with van der Waals surface area (Å²) in [6.45, 7) is 6.32. The van der Waals surface area contributed by atoms with Crippen LogP contribution >= 0.6 is 11.6 Å². The van der Waals surface area contributed by atoms with Crippen molar-refractivity contribution in [3.63, 3.8) is 0 Å². The predicted octanol–water partition coefficient (Wildman–Crippen LogP) is 5.72. The fourth-order valence-corrected chi connectivity index (χ4v) is 4.14. The molecule has 0 bridgehead atoms. The van der Waals surface area contributed by atoms with E-state index in [1.165, 1.54) is 0 Å². The maximum absolute atomic E-state index is 12.9. The predicted molar refractivity (Wildman–Crippen MR) is 128 cm³/mol. The Kier molecular flexibility index (Phi) is 6.66. The molecule has 164 valence electrons. The van der Waals surface area contributed by atoms with Crippen LogP contribution < -0.4 is 0 Å². The van der Waals surface area contributed by atoms with E-state index in [2.05, 4.69) is 29.1 Å². The minimum absolute atomic E-state index is 0.145. The first-order chi connectivity index (χ1) is 15.4. The van der Waals surface area contributed by atoms with Crippen molar-refractivity contribution in [1.29, 1.82) is 0 Å². The van der Waals surface area contributed by atoms with Crippen molar-refractivity contribution in [2.45, 2.75) is 46.5 Å². The first-order valence-corrected chi connectivity index (χ1v) is 11.3. The third-order valence-electron chi connectivity index (χ3n) is 5.67. The Balaban J connectivity index is 1.44. The van der Waals surface area contributed by atoms with Gasteiger partial charge in [0.25, 0.3) is 0 Å². The molecule has 0 fully saturated rings. The lowest BCUT2D eigenvalue weighted by Crippen LogP contribution is -2.09. The number of ketones is 1. The van der Waals surface area contributed by atoms with Gasteiger partial charge in [-0.2, -0.15) is 0 Å². The van der Waals surface area contributed by atoms with E-state index in [9.17, 15) is 4.79 Å². The second-order valence-electron chi connectivity index (χ2n) is 8.66. The van der Waals surface area contributed by atoms with E-state index in [0.29, 0.717) is 23.9 Å². The van der Waals surface area contributed by atoms with Gasteiger partial charge in [-0.1, -0.05) is 67.1 Å². The third kappa shape index (κ3) is 5.05. The van der Waals surface area contributed by atoms with Gasteiger partial charge in [0.1, 0.15) is 10.9 Å². The molecule has 0 aliphatic carbocycles. The highest BCUT2D eigenvalue weighted by atomic mass is 35.5. The van der Waals surface area contributed by atoms with Crippen molar-refractivity contribution >= 4 is 28.2 Å². The highest BCUT2D eigenvalue weighted by molar-refractivity contribution is 6.34. The van der Waals surface area contributed by atoms with Crippen LogP contribution in [0.25, 0.3) is 16.5 Å². The number of rotatable bonds is 8. The molecule has 5 nitrogen and oxygen atoms in total. The van der Waals surface area contributed by atoms with Gasteiger partial charge in [0, 0.05) is 23.9 Å². The van der Waals surface area contributed by atoms with Crippen LogP contribution in [0.5, 0.6) is 0 Å². The van der Waals surface area contributed by atoms with Crippen molar-refractivity contribution in [1.82, 2.24) is 20.0 Å². The van der Waals surface area contributed by atoms with Gasteiger partial charge in [0.15, 0.2) is 0 Å². The molecule has 32 heavy (non-hydrogen) atoms. The molecule has 2 aromatic heterocycles. The summed E-state index contributed by atoms with van der Waals surface area (Å²) in [7, 11) is 0. The van der Waals surface area contributed by atoms with Gasteiger partial charge in [0.2, 0.25) is 0 Å². The van der Waals surface area contributed by atoms with Crippen LogP contribution in [0, 0.1) is 12.8 Å². The summed E-state index contributed by atoms with van der Waals surface area (Å²) >= 11 is 6.29. The fraction of sp³-hybridized carbons (Fsp3) is 0.308. The molecule has 4 aromatic rings. The zero-order valence-electron chi connectivity index (χ0n) is 18.7. The molecule has 6 heteroatoms. The number of hydrogen-bond acceptors (Lipinski definition) is 4. The summed E-state index contributed by atoms with van der Waals surface area (Å²) < 4.78 is 1.79. The van der Waals surface area contributed by atoms with E-state index in [-0.39, 0.29) is 5.78 Å². The molecular formula is C26H27ClN4O. The molecule has 0 saturated carbocycles. The van der Waals surface area contributed by atoms with Crippen LogP contribution in [-0.2, 0) is 24.1 Å². The Morgan fingerprint density at radius 2 is 1.75 bits per heavy atom. The maximum atomic E-state index is 12.9. The Bertz CT molecular complexity index is 1240. The zero-order chi connectivity index (χ0) is 22.7. The largest absolute Gasteiger partial charge is 0.299 e. The molecule has 0 aliphatic heterocycles. The molecule has 0 saturated heterocycles. The van der Waals surface area contributed by atoms with Gasteiger partial charge in [-0.15, -0.1) is 5.10 Å². The average molecular weight is 447 g/mol. The van der Waals surface area contributed by atoms with Crippen LogP contribution in [0.4, 0.5) is 0 Å². The van der Waals surface area contributed by atoms with Crippen molar-refractivity contribution in [3.05, 3.63) is 82.4 Å². The minimum Gasteiger partial charge on any atom is -0.299 e. The fourth-order valence-electron chi connectivity index (χ4n) is 3.85. The van der Waals surface area contributed by atoms with Gasteiger partial charge >= 0.3 is 0 Å². The van der Waals surface area contributed by atoms with Crippen molar-refractivity contribution in [2.75, 3.05) is 0 Å². The molecule has 0 radical (unpaired) electrons. The lowest BCUT2D eigenvalue weighted by atomic mass is 9.97. The van der Waals surface area contributed by atoms with E-state index < -0.39 is 0 Å². The monoisotopic (exact) mass is 446 g/mol. The molecule has 0 spiro atoms. The Labute approximate surface area is 193 Å². The standard InChI is InChI=1S/C26H27ClN4O/c1-17(2)8-11-20-16-31(30-29-20)21-12-9-19(10-13-21)14-22(32)15-25-18(3)28-26(27)24-7-5-4-6-23(24)25/h4-7,9-10,12-13,16-17H,8,11,14-15H2,1-3H3. The summed E-state index contributed by atoms with van der Waals surface area (Å²) in [5.41, 5.74) is 4.66. The lowest BCUT2D eigenvalue weighted by Gasteiger charge is -2.11.